The summed E-state index contributed by atoms with van der Waals surface area (Å²) in [7, 11) is -5.23. The van der Waals surface area contributed by atoms with Crippen molar-refractivity contribution in [1.82, 2.24) is 0 Å². The third-order valence-electron chi connectivity index (χ3n) is 13.8. The van der Waals surface area contributed by atoms with Crippen molar-refractivity contribution < 1.29 is 0 Å². The van der Waals surface area contributed by atoms with E-state index in [0.29, 0.717) is 47.3 Å². The minimum Gasteiger partial charge on any atom is -0.346 e. The molecule has 0 radical (unpaired) electrons. The van der Waals surface area contributed by atoms with Gasteiger partial charge in [0, 0.05) is 45.5 Å². The van der Waals surface area contributed by atoms with Crippen LogP contribution in [0.2, 0.25) is 0 Å². The Kier molecular flexibility index (Phi) is 15.7. The quantitative estimate of drug-likeness (QED) is 0.104. The number of hydrogen-bond acceptors (Lipinski definition) is 4. The first-order valence-corrected chi connectivity index (χ1v) is 28.3. The van der Waals surface area contributed by atoms with Crippen LogP contribution < -0.4 is 18.3 Å². The largest absolute Gasteiger partial charge is 0.346 e. The lowest BCUT2D eigenvalue weighted by Gasteiger charge is -2.47. The molecule has 4 aromatic carbocycles. The summed E-state index contributed by atoms with van der Waals surface area (Å²) in [5, 5.41) is 0. The fraction of sp³-hybridized carbons (Fsp3) is 0.433. The third kappa shape index (κ3) is 9.58. The van der Waals surface area contributed by atoms with Crippen molar-refractivity contribution in [2.45, 2.75) is 172 Å². The van der Waals surface area contributed by atoms with Gasteiger partial charge < -0.3 is 18.3 Å². The lowest BCUT2D eigenvalue weighted by Crippen LogP contribution is -2.57. The molecule has 0 aromatic heterocycles. The molecule has 2 unspecified atom stereocenters. The molecule has 0 bridgehead atoms. The van der Waals surface area contributed by atoms with Crippen molar-refractivity contribution in [3.63, 3.8) is 0 Å². The van der Waals surface area contributed by atoms with Gasteiger partial charge in [0.05, 0.1) is 0 Å². The molecule has 350 valence electrons. The van der Waals surface area contributed by atoms with Crippen molar-refractivity contribution in [3.05, 3.63) is 165 Å². The van der Waals surface area contributed by atoms with E-state index in [-0.39, 0.29) is 0 Å². The summed E-state index contributed by atoms with van der Waals surface area (Å²) < 4.78 is 10.7. The minimum atomic E-state index is -2.61. The first-order valence-electron chi connectivity index (χ1n) is 25.0. The Balaban J connectivity index is 1.82. The number of anilines is 4. The van der Waals surface area contributed by atoms with Crippen LogP contribution in [-0.2, 0) is 0 Å². The number of para-hydroxylation sites is 4. The van der Waals surface area contributed by atoms with Crippen LogP contribution in [0.3, 0.4) is 0 Å². The van der Waals surface area contributed by atoms with Crippen molar-refractivity contribution in [3.8, 4) is 11.1 Å². The Labute approximate surface area is 405 Å². The van der Waals surface area contributed by atoms with E-state index in [0.717, 1.165) is 11.4 Å². The zero-order valence-corrected chi connectivity index (χ0v) is 46.4. The Morgan fingerprint density at radius 1 is 0.333 bits per heavy atom. The molecule has 6 heteroatoms. The smallest absolute Gasteiger partial charge is 0.339 e. The monoisotopic (exact) mass is 915 g/mol. The molecule has 0 spiro atoms. The van der Waals surface area contributed by atoms with Crippen LogP contribution in [-0.4, -0.2) is 18.2 Å². The molecule has 6 rings (SSSR count). The van der Waals surface area contributed by atoms with E-state index in [2.05, 4.69) is 239 Å². The second-order valence-electron chi connectivity index (χ2n) is 21.4. The summed E-state index contributed by atoms with van der Waals surface area (Å²) in [5.41, 5.74) is 29.4. The van der Waals surface area contributed by atoms with E-state index in [1.807, 2.05) is 0 Å². The van der Waals surface area contributed by atoms with Gasteiger partial charge in [0.15, 0.2) is 0 Å². The maximum atomic E-state index is 4.94. The highest BCUT2D eigenvalue weighted by Crippen LogP contribution is 2.47. The molecule has 4 aromatic rings. The molecule has 4 nitrogen and oxygen atoms in total. The van der Waals surface area contributed by atoms with E-state index in [9.17, 15) is 0 Å². The fourth-order valence-corrected chi connectivity index (χ4v) is 16.4. The van der Waals surface area contributed by atoms with Crippen LogP contribution >= 0.6 is 0 Å². The molecule has 2 aliphatic heterocycles. The van der Waals surface area contributed by atoms with Gasteiger partial charge in [0.1, 0.15) is 0 Å². The topological polar surface area (TPSA) is 13.0 Å². The SMILES string of the molecule is C=C1C=C(C)N(c2c(C(C)C)cccc2C(C)C)[SiH](C#C[SiH]2N(c3c(C(C)C)cccc3C(C)C)C(=C)C=C(C)N2c2c(C(C)C)cccc2C(C)C)N1c1c(C(C)C)cccc1C(C)C. The van der Waals surface area contributed by atoms with Gasteiger partial charge in [-0.2, -0.15) is 0 Å². The number of benzene rings is 4. The Morgan fingerprint density at radius 3 is 0.697 bits per heavy atom. The Bertz CT molecular complexity index is 2290. The van der Waals surface area contributed by atoms with Gasteiger partial charge in [0.25, 0.3) is 0 Å². The maximum absolute atomic E-state index is 4.94. The Hall–Kier alpha value is -4.97. The summed E-state index contributed by atoms with van der Waals surface area (Å²) in [6.07, 6.45) is 4.67. The van der Waals surface area contributed by atoms with Gasteiger partial charge in [-0.1, -0.05) is 208 Å². The van der Waals surface area contributed by atoms with Crippen LogP contribution in [0.1, 0.15) is 216 Å². The zero-order chi connectivity index (χ0) is 48.6. The first kappa shape index (κ1) is 50.4. The lowest BCUT2D eigenvalue weighted by molar-refractivity contribution is 0.823. The van der Waals surface area contributed by atoms with E-state index < -0.39 is 18.2 Å². The highest BCUT2D eigenvalue weighted by Gasteiger charge is 2.42. The van der Waals surface area contributed by atoms with Crippen molar-refractivity contribution in [1.29, 1.82) is 0 Å². The lowest BCUT2D eigenvalue weighted by atomic mass is 9.92. The van der Waals surface area contributed by atoms with Gasteiger partial charge in [-0.05, 0) is 118 Å². The summed E-state index contributed by atoms with van der Waals surface area (Å²) in [5.74, 6) is 2.51. The first-order chi connectivity index (χ1) is 31.1. The molecule has 0 saturated carbocycles. The molecule has 0 amide bonds. The van der Waals surface area contributed by atoms with E-state index in [1.165, 1.54) is 78.7 Å². The molecule has 0 saturated heterocycles. The summed E-state index contributed by atoms with van der Waals surface area (Å²) in [6, 6.07) is 27.9. The average Bonchev–Trinajstić information content (AvgIpc) is 3.24. The predicted molar refractivity (Wildman–Crippen MR) is 296 cm³/mol. The third-order valence-corrected chi connectivity index (χ3v) is 19.4. The minimum absolute atomic E-state index is 0.308. The van der Waals surface area contributed by atoms with Gasteiger partial charge in [-0.15, -0.1) is 0 Å². The van der Waals surface area contributed by atoms with Gasteiger partial charge in [-0.3, -0.25) is 0 Å². The average molecular weight is 916 g/mol. The molecule has 0 N–H and O–H groups in total. The van der Waals surface area contributed by atoms with Crippen LogP contribution in [0, 0.1) is 11.1 Å². The van der Waals surface area contributed by atoms with Crippen LogP contribution in [0.15, 0.2) is 121 Å². The highest BCUT2D eigenvalue weighted by molar-refractivity contribution is 6.82. The summed E-state index contributed by atoms with van der Waals surface area (Å²) in [6.45, 7) is 51.9. The van der Waals surface area contributed by atoms with Gasteiger partial charge in [-0.25, -0.2) is 0 Å². The van der Waals surface area contributed by atoms with Crippen molar-refractivity contribution >= 4 is 41.0 Å². The van der Waals surface area contributed by atoms with Crippen LogP contribution in [0.5, 0.6) is 0 Å². The zero-order valence-electron chi connectivity index (χ0n) is 44.1. The number of rotatable bonds is 12. The van der Waals surface area contributed by atoms with Gasteiger partial charge in [0.2, 0.25) is 0 Å². The molecule has 2 heterocycles. The molecular formula is C60H82N4Si2. The van der Waals surface area contributed by atoms with E-state index in [4.69, 9.17) is 13.2 Å². The number of nitrogens with zero attached hydrogens (tertiary/aromatic N) is 4. The standard InChI is InChI=1S/C60H82N4Si2/c1-37(2)49-25-21-26-50(38(3)4)57(49)61-45(17)35-46(18)62(58-51(39(5)6)27-22-28-52(58)40(7)8)65(61)33-34-66-63(59-53(41(9)10)29-23-30-54(59)42(11)12)47(19)36-48(20)64(66)60-55(43(13)14)31-24-32-56(60)44(15)16/h21-32,35-44,65-66H,17,19H2,1-16,18,20H3. The maximum Gasteiger partial charge on any atom is 0.339 e. The highest BCUT2D eigenvalue weighted by atomic mass is 28.3. The van der Waals surface area contributed by atoms with E-state index >= 15 is 0 Å². The predicted octanol–water partition coefficient (Wildman–Crippen LogP) is 16.4. The number of allylic oxidation sites excluding steroid dienone is 4. The summed E-state index contributed by atoms with van der Waals surface area (Å²) in [4.78, 5) is 0. The van der Waals surface area contributed by atoms with Crippen LogP contribution in [0.4, 0.5) is 22.7 Å². The molecule has 2 aliphatic rings. The van der Waals surface area contributed by atoms with Crippen LogP contribution in [0.25, 0.3) is 0 Å². The molecule has 2 atom stereocenters. The number of hydrogen-bond donors (Lipinski definition) is 0. The molecule has 0 fully saturated rings. The Morgan fingerprint density at radius 2 is 0.515 bits per heavy atom. The van der Waals surface area contributed by atoms with Gasteiger partial charge >= 0.3 is 18.2 Å². The fourth-order valence-electron chi connectivity index (χ4n) is 10.4. The van der Waals surface area contributed by atoms with E-state index in [1.54, 1.807) is 0 Å². The molecule has 66 heavy (non-hydrogen) atoms. The summed E-state index contributed by atoms with van der Waals surface area (Å²) >= 11 is 0. The second-order valence-corrected chi connectivity index (χ2v) is 25.6. The van der Waals surface area contributed by atoms with Crippen molar-refractivity contribution in [2.75, 3.05) is 18.3 Å². The molecule has 0 aliphatic carbocycles. The normalized spacial score (nSPS) is 17.1. The second kappa shape index (κ2) is 20.5. The van der Waals surface area contributed by atoms with Crippen molar-refractivity contribution in [2.24, 2.45) is 0 Å². The molecular weight excluding hydrogens is 833 g/mol.